The van der Waals surface area contributed by atoms with Gasteiger partial charge in [0.15, 0.2) is 0 Å². The average molecular weight is 511 g/mol. The van der Waals surface area contributed by atoms with Crippen LogP contribution in [0.5, 0.6) is 0 Å². The Balaban J connectivity index is 1.46. The summed E-state index contributed by atoms with van der Waals surface area (Å²) in [6.45, 7) is 1.69. The van der Waals surface area contributed by atoms with Gasteiger partial charge in [0.05, 0.1) is 0 Å². The lowest BCUT2D eigenvalue weighted by Gasteiger charge is -2.19. The van der Waals surface area contributed by atoms with Gasteiger partial charge in [-0.1, -0.05) is 72.8 Å². The number of fused-ring (bicyclic) bond motifs is 8. The first-order valence-corrected chi connectivity index (χ1v) is 14.0. The Morgan fingerprint density at radius 1 is 0.425 bits per heavy atom. The highest BCUT2D eigenvalue weighted by molar-refractivity contribution is 6.25. The standard InChI is InChI=1S/C38H26N2/c1-2-8-27-26(7-1)30(23-11-15-39-16-12-23)19-36-32(27)20-31(24-13-17-40-18-14-24)35-21-33-28-9-3-5-25-6-4-10-29(38(25)28)34(33)22-37(35)36/h1-15,17,19-22,39-40H,16,18H2. The van der Waals surface area contributed by atoms with E-state index in [0.29, 0.717) is 0 Å². The summed E-state index contributed by atoms with van der Waals surface area (Å²) in [5.74, 6) is 0. The molecule has 0 bridgehead atoms. The Bertz CT molecular complexity index is 2200. The Hall–Kier alpha value is -5.08. The molecule has 2 N–H and O–H groups in total. The van der Waals surface area contributed by atoms with Gasteiger partial charge < -0.3 is 10.6 Å². The van der Waals surface area contributed by atoms with Crippen LogP contribution in [0, 0.1) is 0 Å². The summed E-state index contributed by atoms with van der Waals surface area (Å²) >= 11 is 0. The molecule has 6 aromatic rings. The highest BCUT2D eigenvalue weighted by Gasteiger charge is 2.24. The zero-order chi connectivity index (χ0) is 26.2. The maximum Gasteiger partial charge on any atom is 0.0334 e. The summed E-state index contributed by atoms with van der Waals surface area (Å²) in [5, 5.41) is 17.2. The van der Waals surface area contributed by atoms with Crippen molar-refractivity contribution < 1.29 is 0 Å². The van der Waals surface area contributed by atoms with E-state index < -0.39 is 0 Å². The van der Waals surface area contributed by atoms with Crippen LogP contribution < -0.4 is 10.6 Å². The molecule has 2 nitrogen and oxygen atoms in total. The lowest BCUT2D eigenvalue weighted by molar-refractivity contribution is 0.976. The van der Waals surface area contributed by atoms with E-state index in [2.05, 4.69) is 132 Å². The van der Waals surface area contributed by atoms with Crippen LogP contribution in [0.25, 0.3) is 76.5 Å². The molecule has 0 saturated carbocycles. The molecule has 0 unspecified atom stereocenters. The molecule has 6 aromatic carbocycles. The van der Waals surface area contributed by atoms with Crippen molar-refractivity contribution >= 4 is 54.2 Å². The van der Waals surface area contributed by atoms with E-state index in [1.165, 1.54) is 87.6 Å². The van der Waals surface area contributed by atoms with Gasteiger partial charge in [-0.3, -0.25) is 0 Å². The van der Waals surface area contributed by atoms with Gasteiger partial charge in [0, 0.05) is 13.1 Å². The van der Waals surface area contributed by atoms with Crippen molar-refractivity contribution in [2.24, 2.45) is 0 Å². The molecule has 40 heavy (non-hydrogen) atoms. The van der Waals surface area contributed by atoms with E-state index >= 15 is 0 Å². The minimum Gasteiger partial charge on any atom is -0.387 e. The van der Waals surface area contributed by atoms with Gasteiger partial charge in [0.2, 0.25) is 0 Å². The van der Waals surface area contributed by atoms with E-state index in [0.717, 1.165) is 13.1 Å². The third-order valence-corrected chi connectivity index (χ3v) is 8.86. The summed E-state index contributed by atoms with van der Waals surface area (Å²) in [6.07, 6.45) is 13.2. The number of hydrogen-bond acceptors (Lipinski definition) is 2. The van der Waals surface area contributed by atoms with E-state index in [-0.39, 0.29) is 0 Å². The molecule has 0 atom stereocenters. The Morgan fingerprint density at radius 2 is 0.950 bits per heavy atom. The maximum atomic E-state index is 3.34. The molecule has 0 spiro atoms. The zero-order valence-corrected chi connectivity index (χ0v) is 22.0. The highest BCUT2D eigenvalue weighted by atomic mass is 14.8. The third kappa shape index (κ3) is 2.99. The molecule has 9 rings (SSSR count). The molecule has 0 fully saturated rings. The Labute approximate surface area is 232 Å². The van der Waals surface area contributed by atoms with Crippen LogP contribution in [0.1, 0.15) is 11.1 Å². The quantitative estimate of drug-likeness (QED) is 0.227. The van der Waals surface area contributed by atoms with Crippen LogP contribution in [0.4, 0.5) is 0 Å². The largest absolute Gasteiger partial charge is 0.387 e. The lowest BCUT2D eigenvalue weighted by Crippen LogP contribution is -2.08. The van der Waals surface area contributed by atoms with E-state index in [1.807, 2.05) is 0 Å². The second kappa shape index (κ2) is 8.21. The number of rotatable bonds is 2. The molecule has 2 heterocycles. The number of dihydropyridines is 2. The zero-order valence-electron chi connectivity index (χ0n) is 22.0. The van der Waals surface area contributed by atoms with Crippen molar-refractivity contribution in [3.63, 3.8) is 0 Å². The predicted molar refractivity (Wildman–Crippen MR) is 171 cm³/mol. The van der Waals surface area contributed by atoms with Crippen molar-refractivity contribution in [2.75, 3.05) is 13.1 Å². The minimum atomic E-state index is 0.843. The lowest BCUT2D eigenvalue weighted by atomic mass is 9.85. The average Bonchev–Trinajstić information content (AvgIpc) is 3.34. The smallest absolute Gasteiger partial charge is 0.0334 e. The molecular formula is C38H26N2. The molecule has 0 aromatic heterocycles. The number of hydrogen-bond donors (Lipinski definition) is 2. The first-order chi connectivity index (χ1) is 19.8. The first-order valence-electron chi connectivity index (χ1n) is 14.0. The summed E-state index contributed by atoms with van der Waals surface area (Å²) < 4.78 is 0. The van der Waals surface area contributed by atoms with E-state index in [9.17, 15) is 0 Å². The van der Waals surface area contributed by atoms with Crippen LogP contribution in [0.15, 0.2) is 122 Å². The molecule has 3 aliphatic rings. The molecule has 0 saturated heterocycles. The van der Waals surface area contributed by atoms with Crippen LogP contribution in [-0.2, 0) is 0 Å². The van der Waals surface area contributed by atoms with Crippen molar-refractivity contribution in [3.05, 3.63) is 133 Å². The van der Waals surface area contributed by atoms with E-state index in [4.69, 9.17) is 0 Å². The van der Waals surface area contributed by atoms with E-state index in [1.54, 1.807) is 0 Å². The Kier molecular flexibility index (Phi) is 4.48. The van der Waals surface area contributed by atoms with Gasteiger partial charge in [0.1, 0.15) is 0 Å². The Morgan fingerprint density at radius 3 is 1.57 bits per heavy atom. The van der Waals surface area contributed by atoms with Crippen LogP contribution in [0.2, 0.25) is 0 Å². The van der Waals surface area contributed by atoms with Crippen LogP contribution in [-0.4, -0.2) is 13.1 Å². The predicted octanol–water partition coefficient (Wildman–Crippen LogP) is 8.95. The van der Waals surface area contributed by atoms with Gasteiger partial charge >= 0.3 is 0 Å². The van der Waals surface area contributed by atoms with Gasteiger partial charge in [-0.05, 0) is 136 Å². The van der Waals surface area contributed by atoms with Crippen molar-refractivity contribution in [3.8, 4) is 22.3 Å². The highest BCUT2D eigenvalue weighted by Crippen LogP contribution is 2.50. The third-order valence-electron chi connectivity index (χ3n) is 8.86. The molecule has 2 heteroatoms. The molecule has 2 aliphatic heterocycles. The number of allylic oxidation sites excluding steroid dienone is 4. The molecule has 1 aliphatic carbocycles. The maximum absolute atomic E-state index is 3.34. The van der Waals surface area contributed by atoms with Gasteiger partial charge in [-0.2, -0.15) is 0 Å². The van der Waals surface area contributed by atoms with Crippen molar-refractivity contribution in [1.29, 1.82) is 0 Å². The molecule has 0 radical (unpaired) electrons. The SMILES string of the molecule is C1=CC(c2cc3c4cc5c(cc4c(C4=CCNC=C4)cc3c3ccccc23)-c2cccc3cccc-5c23)=CCN1. The monoisotopic (exact) mass is 510 g/mol. The topological polar surface area (TPSA) is 24.1 Å². The minimum absolute atomic E-state index is 0.843. The fraction of sp³-hybridized carbons (Fsp3) is 0.0526. The van der Waals surface area contributed by atoms with Crippen molar-refractivity contribution in [1.82, 2.24) is 10.6 Å². The van der Waals surface area contributed by atoms with Gasteiger partial charge in [-0.25, -0.2) is 0 Å². The first kappa shape index (κ1) is 21.8. The molecular weight excluding hydrogens is 484 g/mol. The van der Waals surface area contributed by atoms with Crippen LogP contribution in [0.3, 0.4) is 0 Å². The second-order valence-electron chi connectivity index (χ2n) is 10.9. The summed E-state index contributed by atoms with van der Waals surface area (Å²) in [4.78, 5) is 0. The summed E-state index contributed by atoms with van der Waals surface area (Å²) in [5.41, 5.74) is 10.5. The fourth-order valence-electron chi connectivity index (χ4n) is 7.06. The number of benzene rings is 6. The summed E-state index contributed by atoms with van der Waals surface area (Å²) in [7, 11) is 0. The summed E-state index contributed by atoms with van der Waals surface area (Å²) in [6, 6.07) is 32.1. The normalized spacial score (nSPS) is 15.3. The van der Waals surface area contributed by atoms with Gasteiger partial charge in [-0.15, -0.1) is 0 Å². The molecule has 0 amide bonds. The van der Waals surface area contributed by atoms with Crippen LogP contribution >= 0.6 is 0 Å². The van der Waals surface area contributed by atoms with Gasteiger partial charge in [0.25, 0.3) is 0 Å². The number of nitrogens with one attached hydrogen (secondary N) is 2. The second-order valence-corrected chi connectivity index (χ2v) is 10.9. The fourth-order valence-corrected chi connectivity index (χ4v) is 7.06. The van der Waals surface area contributed by atoms with Crippen molar-refractivity contribution in [2.45, 2.75) is 0 Å². The molecule has 188 valence electrons.